The van der Waals surface area contributed by atoms with E-state index in [1.54, 1.807) is 19.2 Å². The molecule has 0 amide bonds. The minimum Gasteiger partial charge on any atom is -0.496 e. The van der Waals surface area contributed by atoms with E-state index >= 15 is 0 Å². The SMILES string of the molecule is COc1ccccc1COC1CCN(Cc2ccc(C(=O)O)cc2)CC1. The first-order chi connectivity index (χ1) is 12.7. The van der Waals surface area contributed by atoms with Crippen LogP contribution in [0.3, 0.4) is 0 Å². The normalized spacial score (nSPS) is 15.7. The van der Waals surface area contributed by atoms with Gasteiger partial charge in [0.15, 0.2) is 0 Å². The monoisotopic (exact) mass is 355 g/mol. The lowest BCUT2D eigenvalue weighted by Gasteiger charge is -2.32. The largest absolute Gasteiger partial charge is 0.496 e. The molecular weight excluding hydrogens is 330 g/mol. The van der Waals surface area contributed by atoms with Gasteiger partial charge in [-0.1, -0.05) is 30.3 Å². The topological polar surface area (TPSA) is 59.0 Å². The predicted molar refractivity (Wildman–Crippen MR) is 99.5 cm³/mol. The van der Waals surface area contributed by atoms with Crippen molar-refractivity contribution in [3.05, 3.63) is 65.2 Å². The van der Waals surface area contributed by atoms with Crippen molar-refractivity contribution in [3.63, 3.8) is 0 Å². The number of methoxy groups -OCH3 is 1. The van der Waals surface area contributed by atoms with Gasteiger partial charge in [0.1, 0.15) is 5.75 Å². The smallest absolute Gasteiger partial charge is 0.335 e. The van der Waals surface area contributed by atoms with Crippen molar-refractivity contribution in [1.82, 2.24) is 4.90 Å². The fraction of sp³-hybridized carbons (Fsp3) is 0.381. The second-order valence-corrected chi connectivity index (χ2v) is 6.60. The van der Waals surface area contributed by atoms with Crippen molar-refractivity contribution in [3.8, 4) is 5.75 Å². The van der Waals surface area contributed by atoms with Gasteiger partial charge in [-0.3, -0.25) is 4.90 Å². The molecule has 1 heterocycles. The zero-order valence-electron chi connectivity index (χ0n) is 15.1. The van der Waals surface area contributed by atoms with Gasteiger partial charge in [-0.25, -0.2) is 4.79 Å². The first kappa shape index (κ1) is 18.4. The van der Waals surface area contributed by atoms with E-state index in [4.69, 9.17) is 14.6 Å². The van der Waals surface area contributed by atoms with Crippen LogP contribution in [0.5, 0.6) is 5.75 Å². The summed E-state index contributed by atoms with van der Waals surface area (Å²) in [6, 6.07) is 15.1. The van der Waals surface area contributed by atoms with Crippen molar-refractivity contribution in [2.24, 2.45) is 0 Å². The molecule has 0 aliphatic carbocycles. The van der Waals surface area contributed by atoms with E-state index in [0.29, 0.717) is 12.2 Å². The van der Waals surface area contributed by atoms with E-state index in [2.05, 4.69) is 4.90 Å². The number of hydrogen-bond acceptors (Lipinski definition) is 4. The van der Waals surface area contributed by atoms with Gasteiger partial charge in [0.05, 0.1) is 25.4 Å². The fourth-order valence-corrected chi connectivity index (χ4v) is 3.27. The van der Waals surface area contributed by atoms with E-state index in [1.807, 2.05) is 36.4 Å². The van der Waals surface area contributed by atoms with Crippen LogP contribution in [-0.2, 0) is 17.9 Å². The second-order valence-electron chi connectivity index (χ2n) is 6.60. The van der Waals surface area contributed by atoms with Gasteiger partial charge < -0.3 is 14.6 Å². The van der Waals surface area contributed by atoms with Crippen molar-refractivity contribution in [2.45, 2.75) is 32.1 Å². The molecule has 0 spiro atoms. The molecule has 26 heavy (non-hydrogen) atoms. The number of aromatic carboxylic acids is 1. The summed E-state index contributed by atoms with van der Waals surface area (Å²) in [6.45, 7) is 3.39. The molecule has 3 rings (SSSR count). The van der Waals surface area contributed by atoms with Gasteiger partial charge in [0.2, 0.25) is 0 Å². The summed E-state index contributed by atoms with van der Waals surface area (Å²) in [7, 11) is 1.68. The summed E-state index contributed by atoms with van der Waals surface area (Å²) < 4.78 is 11.4. The maximum Gasteiger partial charge on any atom is 0.335 e. The molecule has 0 saturated carbocycles. The van der Waals surface area contributed by atoms with Crippen LogP contribution in [0.15, 0.2) is 48.5 Å². The first-order valence-electron chi connectivity index (χ1n) is 8.94. The maximum absolute atomic E-state index is 10.9. The summed E-state index contributed by atoms with van der Waals surface area (Å²) in [5.41, 5.74) is 2.55. The number of hydrogen-bond donors (Lipinski definition) is 1. The lowest BCUT2D eigenvalue weighted by molar-refractivity contribution is -0.00456. The standard InChI is InChI=1S/C21H25NO4/c1-25-20-5-3-2-4-18(20)15-26-19-10-12-22(13-11-19)14-16-6-8-17(9-7-16)21(23)24/h2-9,19H,10-15H2,1H3,(H,23,24). The Balaban J connectivity index is 1.44. The molecule has 1 aliphatic rings. The van der Waals surface area contributed by atoms with E-state index in [0.717, 1.165) is 49.4 Å². The summed E-state index contributed by atoms with van der Waals surface area (Å²) in [4.78, 5) is 13.3. The number of likely N-dealkylation sites (tertiary alicyclic amines) is 1. The Labute approximate surface area is 154 Å². The highest BCUT2D eigenvalue weighted by molar-refractivity contribution is 5.87. The van der Waals surface area contributed by atoms with Crippen LogP contribution >= 0.6 is 0 Å². The quantitative estimate of drug-likeness (QED) is 0.823. The highest BCUT2D eigenvalue weighted by Gasteiger charge is 2.20. The Morgan fingerprint density at radius 3 is 2.46 bits per heavy atom. The molecular formula is C21H25NO4. The van der Waals surface area contributed by atoms with Gasteiger partial charge in [0, 0.05) is 25.2 Å². The Morgan fingerprint density at radius 1 is 1.12 bits per heavy atom. The summed E-state index contributed by atoms with van der Waals surface area (Å²) >= 11 is 0. The number of ether oxygens (including phenoxy) is 2. The van der Waals surface area contributed by atoms with Crippen LogP contribution in [-0.4, -0.2) is 42.3 Å². The Hall–Kier alpha value is -2.37. The van der Waals surface area contributed by atoms with Crippen LogP contribution < -0.4 is 4.74 Å². The van der Waals surface area contributed by atoms with Gasteiger partial charge in [-0.15, -0.1) is 0 Å². The van der Waals surface area contributed by atoms with E-state index in [1.165, 1.54) is 0 Å². The molecule has 0 aromatic heterocycles. The minimum absolute atomic E-state index is 0.269. The Morgan fingerprint density at radius 2 is 1.81 bits per heavy atom. The number of benzene rings is 2. The molecule has 5 heteroatoms. The van der Waals surface area contributed by atoms with Gasteiger partial charge >= 0.3 is 5.97 Å². The van der Waals surface area contributed by atoms with E-state index in [-0.39, 0.29) is 6.10 Å². The molecule has 0 radical (unpaired) electrons. The van der Waals surface area contributed by atoms with E-state index < -0.39 is 5.97 Å². The van der Waals surface area contributed by atoms with Crippen LogP contribution in [0.25, 0.3) is 0 Å². The van der Waals surface area contributed by atoms with E-state index in [9.17, 15) is 4.79 Å². The van der Waals surface area contributed by atoms with Crippen LogP contribution in [0, 0.1) is 0 Å². The number of rotatable bonds is 7. The number of nitrogens with zero attached hydrogens (tertiary/aromatic N) is 1. The number of carboxylic acid groups (broad SMARTS) is 1. The van der Waals surface area contributed by atoms with Crippen molar-refractivity contribution in [2.75, 3.05) is 20.2 Å². The molecule has 2 aromatic rings. The molecule has 0 unspecified atom stereocenters. The van der Waals surface area contributed by atoms with Gasteiger partial charge in [-0.2, -0.15) is 0 Å². The number of piperidine rings is 1. The average Bonchev–Trinajstić information content (AvgIpc) is 2.68. The molecule has 1 saturated heterocycles. The molecule has 138 valence electrons. The zero-order valence-corrected chi connectivity index (χ0v) is 15.1. The Kier molecular flexibility index (Phi) is 6.26. The summed E-state index contributed by atoms with van der Waals surface area (Å²) in [5.74, 6) is -0.0145. The lowest BCUT2D eigenvalue weighted by Crippen LogP contribution is -2.36. The summed E-state index contributed by atoms with van der Waals surface area (Å²) in [6.07, 6.45) is 2.27. The first-order valence-corrected chi connectivity index (χ1v) is 8.94. The van der Waals surface area contributed by atoms with Crippen molar-refractivity contribution < 1.29 is 19.4 Å². The van der Waals surface area contributed by atoms with Crippen LogP contribution in [0.1, 0.15) is 34.3 Å². The number of carbonyl (C=O) groups is 1. The molecule has 0 atom stereocenters. The zero-order chi connectivity index (χ0) is 18.4. The predicted octanol–water partition coefficient (Wildman–Crippen LogP) is 3.57. The Bertz CT molecular complexity index is 721. The summed E-state index contributed by atoms with van der Waals surface area (Å²) in [5, 5.41) is 8.96. The van der Waals surface area contributed by atoms with Crippen LogP contribution in [0.2, 0.25) is 0 Å². The van der Waals surface area contributed by atoms with Crippen molar-refractivity contribution in [1.29, 1.82) is 0 Å². The second kappa shape index (κ2) is 8.83. The fourth-order valence-electron chi connectivity index (χ4n) is 3.27. The third-order valence-corrected chi connectivity index (χ3v) is 4.81. The molecule has 0 bridgehead atoms. The molecule has 2 aromatic carbocycles. The lowest BCUT2D eigenvalue weighted by atomic mass is 10.1. The highest BCUT2D eigenvalue weighted by Crippen LogP contribution is 2.22. The maximum atomic E-state index is 10.9. The highest BCUT2D eigenvalue weighted by atomic mass is 16.5. The number of carboxylic acids is 1. The van der Waals surface area contributed by atoms with Gasteiger partial charge in [-0.05, 0) is 36.6 Å². The number of para-hydroxylation sites is 1. The van der Waals surface area contributed by atoms with Gasteiger partial charge in [0.25, 0.3) is 0 Å². The molecule has 1 fully saturated rings. The molecule has 5 nitrogen and oxygen atoms in total. The third kappa shape index (κ3) is 4.84. The molecule has 1 N–H and O–H groups in total. The van der Waals surface area contributed by atoms with Crippen LogP contribution in [0.4, 0.5) is 0 Å². The minimum atomic E-state index is -0.885. The average molecular weight is 355 g/mol. The van der Waals surface area contributed by atoms with Crippen molar-refractivity contribution >= 4 is 5.97 Å². The molecule has 1 aliphatic heterocycles. The third-order valence-electron chi connectivity index (χ3n) is 4.81.